The predicted molar refractivity (Wildman–Crippen MR) is 120 cm³/mol. The molecule has 0 spiro atoms. The van der Waals surface area contributed by atoms with Crippen LogP contribution in [0.5, 0.6) is 0 Å². The van der Waals surface area contributed by atoms with Crippen molar-refractivity contribution < 1.29 is 9.59 Å². The van der Waals surface area contributed by atoms with Crippen LogP contribution in [0.3, 0.4) is 0 Å². The van der Waals surface area contributed by atoms with Crippen LogP contribution in [0.2, 0.25) is 0 Å². The summed E-state index contributed by atoms with van der Waals surface area (Å²) in [5.41, 5.74) is 3.43. The Hall–Kier alpha value is -2.62. The van der Waals surface area contributed by atoms with E-state index in [1.807, 2.05) is 28.0 Å². The van der Waals surface area contributed by atoms with Crippen molar-refractivity contribution >= 4 is 11.8 Å². The Morgan fingerprint density at radius 1 is 0.767 bits per heavy atom. The second kappa shape index (κ2) is 9.92. The summed E-state index contributed by atoms with van der Waals surface area (Å²) in [7, 11) is 0. The molecular weight excluding hydrogens is 372 g/mol. The summed E-state index contributed by atoms with van der Waals surface area (Å²) in [6.07, 6.45) is 6.45. The van der Waals surface area contributed by atoms with Gasteiger partial charge in [0.15, 0.2) is 0 Å². The standard InChI is InChI=1S/C26H32N2O2/c29-25(27-16-4-5-17-27)15-12-22-7-6-18-28(20-22)26(30)19-21-10-13-24(14-11-21)23-8-2-1-3-9-23/h1-3,8-11,13-14,22H,4-7,12,15-20H2. The maximum Gasteiger partial charge on any atom is 0.226 e. The summed E-state index contributed by atoms with van der Waals surface area (Å²) >= 11 is 0. The number of amides is 2. The zero-order valence-electron chi connectivity index (χ0n) is 17.8. The van der Waals surface area contributed by atoms with Gasteiger partial charge in [0.05, 0.1) is 6.42 Å². The predicted octanol–water partition coefficient (Wildman–Crippen LogP) is 4.54. The van der Waals surface area contributed by atoms with Crippen LogP contribution in [0.4, 0.5) is 0 Å². The van der Waals surface area contributed by atoms with Crippen molar-refractivity contribution in [2.45, 2.75) is 44.9 Å². The molecule has 1 atom stereocenters. The van der Waals surface area contributed by atoms with Crippen LogP contribution in [-0.4, -0.2) is 47.8 Å². The molecule has 4 heteroatoms. The molecule has 0 aromatic heterocycles. The first-order chi connectivity index (χ1) is 14.7. The Bertz CT molecular complexity index is 841. The number of rotatable bonds is 6. The topological polar surface area (TPSA) is 40.6 Å². The first kappa shape index (κ1) is 20.6. The first-order valence-corrected chi connectivity index (χ1v) is 11.4. The number of nitrogens with zero attached hydrogens (tertiary/aromatic N) is 2. The highest BCUT2D eigenvalue weighted by atomic mass is 16.2. The van der Waals surface area contributed by atoms with E-state index in [0.717, 1.165) is 63.8 Å². The van der Waals surface area contributed by atoms with E-state index in [1.165, 1.54) is 11.1 Å². The second-order valence-electron chi connectivity index (χ2n) is 8.71. The average molecular weight is 405 g/mol. The molecule has 0 bridgehead atoms. The van der Waals surface area contributed by atoms with Gasteiger partial charge in [0, 0.05) is 32.6 Å². The van der Waals surface area contributed by atoms with E-state index in [9.17, 15) is 9.59 Å². The minimum atomic E-state index is 0.207. The highest BCUT2D eigenvalue weighted by Gasteiger charge is 2.25. The van der Waals surface area contributed by atoms with E-state index in [1.54, 1.807) is 0 Å². The van der Waals surface area contributed by atoms with Gasteiger partial charge < -0.3 is 9.80 Å². The smallest absolute Gasteiger partial charge is 0.226 e. The Balaban J connectivity index is 1.27. The van der Waals surface area contributed by atoms with Crippen LogP contribution in [0.1, 0.15) is 44.1 Å². The number of hydrogen-bond acceptors (Lipinski definition) is 2. The molecule has 2 aromatic carbocycles. The third-order valence-corrected chi connectivity index (χ3v) is 6.51. The molecule has 2 fully saturated rings. The van der Waals surface area contributed by atoms with Gasteiger partial charge in [-0.2, -0.15) is 0 Å². The molecule has 0 aliphatic carbocycles. The molecule has 2 aliphatic rings. The number of carbonyl (C=O) groups excluding carboxylic acids is 2. The molecule has 2 aromatic rings. The maximum atomic E-state index is 12.9. The molecule has 2 amide bonds. The normalized spacial score (nSPS) is 19.1. The van der Waals surface area contributed by atoms with Crippen LogP contribution in [-0.2, 0) is 16.0 Å². The fourth-order valence-corrected chi connectivity index (χ4v) is 4.71. The monoisotopic (exact) mass is 404 g/mol. The van der Waals surface area contributed by atoms with Crippen molar-refractivity contribution in [1.82, 2.24) is 9.80 Å². The van der Waals surface area contributed by atoms with Gasteiger partial charge in [-0.1, -0.05) is 54.6 Å². The Kier molecular flexibility index (Phi) is 6.83. The number of likely N-dealkylation sites (tertiary alicyclic amines) is 2. The van der Waals surface area contributed by atoms with Crippen LogP contribution in [0.15, 0.2) is 54.6 Å². The lowest BCUT2D eigenvalue weighted by molar-refractivity contribution is -0.132. The zero-order valence-corrected chi connectivity index (χ0v) is 17.8. The van der Waals surface area contributed by atoms with Gasteiger partial charge in [0.25, 0.3) is 0 Å². The molecule has 0 N–H and O–H groups in total. The number of benzene rings is 2. The maximum absolute atomic E-state index is 12.9. The van der Waals surface area contributed by atoms with Crippen LogP contribution < -0.4 is 0 Å². The van der Waals surface area contributed by atoms with E-state index in [-0.39, 0.29) is 5.91 Å². The summed E-state index contributed by atoms with van der Waals surface area (Å²) in [6, 6.07) is 18.6. The van der Waals surface area contributed by atoms with Crippen molar-refractivity contribution in [2.24, 2.45) is 5.92 Å². The van der Waals surface area contributed by atoms with Gasteiger partial charge in [-0.3, -0.25) is 9.59 Å². The number of piperidine rings is 1. The summed E-state index contributed by atoms with van der Waals surface area (Å²) in [5, 5.41) is 0. The first-order valence-electron chi connectivity index (χ1n) is 11.4. The molecule has 4 rings (SSSR count). The van der Waals surface area contributed by atoms with Gasteiger partial charge in [0.1, 0.15) is 0 Å². The quantitative estimate of drug-likeness (QED) is 0.709. The van der Waals surface area contributed by atoms with Crippen LogP contribution in [0.25, 0.3) is 11.1 Å². The van der Waals surface area contributed by atoms with E-state index in [2.05, 4.69) is 36.4 Å². The highest BCUT2D eigenvalue weighted by molar-refractivity contribution is 5.79. The van der Waals surface area contributed by atoms with Crippen LogP contribution >= 0.6 is 0 Å². The molecule has 2 heterocycles. The summed E-state index contributed by atoms with van der Waals surface area (Å²) in [4.78, 5) is 29.2. The zero-order chi connectivity index (χ0) is 20.8. The lowest BCUT2D eigenvalue weighted by Crippen LogP contribution is -2.41. The van der Waals surface area contributed by atoms with Gasteiger partial charge in [-0.25, -0.2) is 0 Å². The summed E-state index contributed by atoms with van der Waals surface area (Å²) < 4.78 is 0. The minimum absolute atomic E-state index is 0.207. The summed E-state index contributed by atoms with van der Waals surface area (Å²) in [6.45, 7) is 3.50. The highest BCUT2D eigenvalue weighted by Crippen LogP contribution is 2.24. The second-order valence-corrected chi connectivity index (χ2v) is 8.71. The Labute approximate surface area is 179 Å². The van der Waals surface area contributed by atoms with Gasteiger partial charge in [-0.15, -0.1) is 0 Å². The summed E-state index contributed by atoms with van der Waals surface area (Å²) in [5.74, 6) is 0.960. The minimum Gasteiger partial charge on any atom is -0.343 e. The molecule has 2 aliphatic heterocycles. The van der Waals surface area contributed by atoms with Crippen LogP contribution in [0, 0.1) is 5.92 Å². The average Bonchev–Trinajstić information content (AvgIpc) is 3.34. The van der Waals surface area contributed by atoms with E-state index >= 15 is 0 Å². The fraction of sp³-hybridized carbons (Fsp3) is 0.462. The molecule has 2 saturated heterocycles. The number of hydrogen-bond donors (Lipinski definition) is 0. The van der Waals surface area contributed by atoms with Gasteiger partial charge in [0.2, 0.25) is 11.8 Å². The van der Waals surface area contributed by atoms with E-state index in [4.69, 9.17) is 0 Å². The lowest BCUT2D eigenvalue weighted by Gasteiger charge is -2.33. The molecule has 0 saturated carbocycles. The van der Waals surface area contributed by atoms with E-state index < -0.39 is 0 Å². The van der Waals surface area contributed by atoms with Crippen molar-refractivity contribution in [3.63, 3.8) is 0 Å². The molecule has 158 valence electrons. The molecule has 30 heavy (non-hydrogen) atoms. The Morgan fingerprint density at radius 2 is 1.43 bits per heavy atom. The number of carbonyl (C=O) groups is 2. The largest absolute Gasteiger partial charge is 0.343 e. The third-order valence-electron chi connectivity index (χ3n) is 6.51. The van der Waals surface area contributed by atoms with Crippen molar-refractivity contribution in [1.29, 1.82) is 0 Å². The Morgan fingerprint density at radius 3 is 2.17 bits per heavy atom. The van der Waals surface area contributed by atoms with Crippen molar-refractivity contribution in [2.75, 3.05) is 26.2 Å². The van der Waals surface area contributed by atoms with E-state index in [0.29, 0.717) is 24.7 Å². The van der Waals surface area contributed by atoms with Crippen molar-refractivity contribution in [3.05, 3.63) is 60.2 Å². The van der Waals surface area contributed by atoms with Crippen molar-refractivity contribution in [3.8, 4) is 11.1 Å². The molecular formula is C26H32N2O2. The van der Waals surface area contributed by atoms with Gasteiger partial charge in [-0.05, 0) is 54.7 Å². The fourth-order valence-electron chi connectivity index (χ4n) is 4.71. The lowest BCUT2D eigenvalue weighted by atomic mass is 9.92. The van der Waals surface area contributed by atoms with Gasteiger partial charge >= 0.3 is 0 Å². The molecule has 0 radical (unpaired) electrons. The molecule has 4 nitrogen and oxygen atoms in total. The third kappa shape index (κ3) is 5.29. The molecule has 1 unspecified atom stereocenters. The SMILES string of the molecule is O=C(CCC1CCCN(C(=O)Cc2ccc(-c3ccccc3)cc2)C1)N1CCCC1.